The second kappa shape index (κ2) is 6.87. The molecule has 0 amide bonds. The van der Waals surface area contributed by atoms with Crippen LogP contribution in [0, 0.1) is 5.92 Å². The van der Waals surface area contributed by atoms with Gasteiger partial charge in [0.05, 0.1) is 4.90 Å². The molecule has 0 aromatic heterocycles. The summed E-state index contributed by atoms with van der Waals surface area (Å²) in [4.78, 5) is 0.325. The predicted molar refractivity (Wildman–Crippen MR) is 85.2 cm³/mol. The van der Waals surface area contributed by atoms with Gasteiger partial charge in [0, 0.05) is 35.8 Å². The lowest BCUT2D eigenvalue weighted by Crippen LogP contribution is -2.39. The van der Waals surface area contributed by atoms with Gasteiger partial charge in [-0.1, -0.05) is 15.9 Å². The van der Waals surface area contributed by atoms with Crippen molar-refractivity contribution in [1.29, 1.82) is 0 Å². The average molecular weight is 427 g/mol. The van der Waals surface area contributed by atoms with Crippen LogP contribution in [0.4, 0.5) is 0 Å². The van der Waals surface area contributed by atoms with E-state index >= 15 is 0 Å². The van der Waals surface area contributed by atoms with E-state index in [1.165, 1.54) is 0 Å². The van der Waals surface area contributed by atoms with Crippen LogP contribution in [-0.2, 0) is 14.8 Å². The largest absolute Gasteiger partial charge is 0.384 e. The third-order valence-electron chi connectivity index (χ3n) is 3.49. The van der Waals surface area contributed by atoms with Gasteiger partial charge in [-0.3, -0.25) is 0 Å². The van der Waals surface area contributed by atoms with Crippen LogP contribution in [0.25, 0.3) is 0 Å². The molecular weight excluding hydrogens is 410 g/mol. The van der Waals surface area contributed by atoms with Crippen LogP contribution in [0.1, 0.15) is 12.8 Å². The van der Waals surface area contributed by atoms with Crippen LogP contribution >= 0.6 is 31.9 Å². The summed E-state index contributed by atoms with van der Waals surface area (Å²) in [6.45, 7) is 1.81. The van der Waals surface area contributed by atoms with E-state index in [0.717, 1.165) is 17.3 Å². The van der Waals surface area contributed by atoms with Gasteiger partial charge in [-0.05, 0) is 52.9 Å². The topological polar surface area (TPSA) is 46.6 Å². The lowest BCUT2D eigenvalue weighted by Gasteiger charge is -2.31. The minimum Gasteiger partial charge on any atom is -0.384 e. The van der Waals surface area contributed by atoms with Crippen molar-refractivity contribution >= 4 is 41.9 Å². The maximum Gasteiger partial charge on any atom is 0.244 e. The average Bonchev–Trinajstić information content (AvgIpc) is 2.39. The summed E-state index contributed by atoms with van der Waals surface area (Å²) >= 11 is 6.66. The van der Waals surface area contributed by atoms with Gasteiger partial charge in [-0.2, -0.15) is 4.31 Å². The molecule has 20 heavy (non-hydrogen) atoms. The van der Waals surface area contributed by atoms with E-state index in [2.05, 4.69) is 31.9 Å². The Balaban J connectivity index is 2.15. The third-order valence-corrected chi connectivity index (χ3v) is 6.86. The minimum absolute atomic E-state index is 0.325. The van der Waals surface area contributed by atoms with Gasteiger partial charge in [-0.15, -0.1) is 0 Å². The molecule has 0 unspecified atom stereocenters. The summed E-state index contributed by atoms with van der Waals surface area (Å²) in [7, 11) is -1.74. The molecule has 1 aromatic rings. The minimum atomic E-state index is -3.42. The maximum atomic E-state index is 12.6. The lowest BCUT2D eigenvalue weighted by molar-refractivity contribution is 0.121. The number of nitrogens with zero attached hydrogens (tertiary/aromatic N) is 1. The van der Waals surface area contributed by atoms with Crippen LogP contribution in [-0.4, -0.2) is 39.5 Å². The fourth-order valence-electron chi connectivity index (χ4n) is 2.38. The van der Waals surface area contributed by atoms with Crippen molar-refractivity contribution < 1.29 is 13.2 Å². The Kier molecular flexibility index (Phi) is 5.64. The van der Waals surface area contributed by atoms with Gasteiger partial charge in [0.2, 0.25) is 10.0 Å². The zero-order valence-corrected chi connectivity index (χ0v) is 15.2. The van der Waals surface area contributed by atoms with E-state index in [4.69, 9.17) is 4.74 Å². The molecule has 0 atom stereocenters. The van der Waals surface area contributed by atoms with Crippen LogP contribution in [0.3, 0.4) is 0 Å². The zero-order chi connectivity index (χ0) is 14.8. The summed E-state index contributed by atoms with van der Waals surface area (Å²) in [6.07, 6.45) is 1.70. The number of ether oxygens (including phenoxy) is 1. The first kappa shape index (κ1) is 16.4. The SMILES string of the molecule is COCC1CCN(S(=O)(=O)c2ccc(Br)cc2Br)CC1. The summed E-state index contributed by atoms with van der Waals surface area (Å²) < 4.78 is 33.4. The molecule has 0 bridgehead atoms. The fraction of sp³-hybridized carbons (Fsp3) is 0.538. The zero-order valence-electron chi connectivity index (χ0n) is 11.2. The predicted octanol–water partition coefficient (Wildman–Crippen LogP) is 3.26. The molecule has 7 heteroatoms. The van der Waals surface area contributed by atoms with Crippen LogP contribution in [0.5, 0.6) is 0 Å². The maximum absolute atomic E-state index is 12.6. The number of hydrogen-bond acceptors (Lipinski definition) is 3. The number of piperidine rings is 1. The van der Waals surface area contributed by atoms with E-state index < -0.39 is 10.0 Å². The first-order valence-electron chi connectivity index (χ1n) is 6.39. The summed E-state index contributed by atoms with van der Waals surface area (Å²) in [5, 5.41) is 0. The van der Waals surface area contributed by atoms with E-state index in [1.54, 1.807) is 29.6 Å². The van der Waals surface area contributed by atoms with Gasteiger partial charge in [0.15, 0.2) is 0 Å². The standard InChI is InChI=1S/C13H17Br2NO3S/c1-19-9-10-4-6-16(7-5-10)20(17,18)13-3-2-11(14)8-12(13)15/h2-3,8,10H,4-7,9H2,1H3. The molecule has 1 aromatic carbocycles. The molecule has 1 heterocycles. The molecule has 0 N–H and O–H groups in total. The van der Waals surface area contributed by atoms with Crippen molar-refractivity contribution in [2.45, 2.75) is 17.7 Å². The van der Waals surface area contributed by atoms with Crippen molar-refractivity contribution in [2.24, 2.45) is 5.92 Å². The molecule has 1 fully saturated rings. The van der Waals surface area contributed by atoms with Gasteiger partial charge < -0.3 is 4.74 Å². The number of rotatable bonds is 4. The highest BCUT2D eigenvalue weighted by molar-refractivity contribution is 9.11. The molecule has 0 aliphatic carbocycles. The molecule has 1 aliphatic heterocycles. The van der Waals surface area contributed by atoms with Crippen LogP contribution < -0.4 is 0 Å². The third kappa shape index (κ3) is 3.62. The normalized spacial score (nSPS) is 18.4. The van der Waals surface area contributed by atoms with Gasteiger partial charge in [0.25, 0.3) is 0 Å². The number of hydrogen-bond donors (Lipinski definition) is 0. The van der Waals surface area contributed by atoms with Crippen LogP contribution in [0.2, 0.25) is 0 Å². The van der Waals surface area contributed by atoms with E-state index in [9.17, 15) is 8.42 Å². The quantitative estimate of drug-likeness (QED) is 0.742. The van der Waals surface area contributed by atoms with Crippen LogP contribution in [0.15, 0.2) is 32.0 Å². The molecule has 0 spiro atoms. The molecule has 0 saturated carbocycles. The molecular formula is C13H17Br2NO3S. The van der Waals surface area contributed by atoms with Crippen molar-refractivity contribution in [1.82, 2.24) is 4.31 Å². The van der Waals surface area contributed by atoms with Crippen molar-refractivity contribution in [3.05, 3.63) is 27.1 Å². The molecule has 4 nitrogen and oxygen atoms in total. The van der Waals surface area contributed by atoms with Gasteiger partial charge in [-0.25, -0.2) is 8.42 Å². The molecule has 2 rings (SSSR count). The van der Waals surface area contributed by atoms with Crippen molar-refractivity contribution in [3.8, 4) is 0 Å². The van der Waals surface area contributed by atoms with E-state index in [-0.39, 0.29) is 0 Å². The Bertz CT molecular complexity index is 569. The Morgan fingerprint density at radius 2 is 1.95 bits per heavy atom. The van der Waals surface area contributed by atoms with Crippen molar-refractivity contribution in [2.75, 3.05) is 26.8 Å². The highest BCUT2D eigenvalue weighted by atomic mass is 79.9. The van der Waals surface area contributed by atoms with Gasteiger partial charge in [0.1, 0.15) is 0 Å². The molecule has 1 aliphatic rings. The second-order valence-electron chi connectivity index (χ2n) is 4.88. The molecule has 112 valence electrons. The Morgan fingerprint density at radius 3 is 2.50 bits per heavy atom. The van der Waals surface area contributed by atoms with E-state index in [0.29, 0.717) is 35.0 Å². The first-order valence-corrected chi connectivity index (χ1v) is 9.42. The Labute approximate surface area is 136 Å². The highest BCUT2D eigenvalue weighted by Gasteiger charge is 2.30. The highest BCUT2D eigenvalue weighted by Crippen LogP contribution is 2.30. The smallest absolute Gasteiger partial charge is 0.244 e. The second-order valence-corrected chi connectivity index (χ2v) is 8.55. The summed E-state index contributed by atoms with van der Waals surface area (Å²) in [6, 6.07) is 5.13. The molecule has 1 saturated heterocycles. The number of sulfonamides is 1. The molecule has 0 radical (unpaired) electrons. The summed E-state index contributed by atoms with van der Waals surface area (Å²) in [5.74, 6) is 0.458. The lowest BCUT2D eigenvalue weighted by atomic mass is 9.99. The van der Waals surface area contributed by atoms with Crippen molar-refractivity contribution in [3.63, 3.8) is 0 Å². The summed E-state index contributed by atoms with van der Waals surface area (Å²) in [5.41, 5.74) is 0. The fourth-order valence-corrected chi connectivity index (χ4v) is 5.55. The first-order chi connectivity index (χ1) is 9.45. The monoisotopic (exact) mass is 425 g/mol. The number of methoxy groups -OCH3 is 1. The Hall–Kier alpha value is 0.0500. The van der Waals surface area contributed by atoms with Gasteiger partial charge >= 0.3 is 0 Å². The van der Waals surface area contributed by atoms with E-state index in [1.807, 2.05) is 0 Å². The number of benzene rings is 1. The Morgan fingerprint density at radius 1 is 1.30 bits per heavy atom. The number of halogens is 2.